The van der Waals surface area contributed by atoms with Crippen molar-refractivity contribution in [2.75, 3.05) is 13.2 Å². The second kappa shape index (κ2) is 11.5. The van der Waals surface area contributed by atoms with Crippen molar-refractivity contribution in [2.45, 2.75) is 27.7 Å². The maximum atomic E-state index is 10.4. The van der Waals surface area contributed by atoms with Gasteiger partial charge in [0, 0.05) is 11.6 Å². The highest BCUT2D eigenvalue weighted by Gasteiger charge is 1.98. The van der Waals surface area contributed by atoms with Gasteiger partial charge in [0.25, 0.3) is 0 Å². The molecular formula is C12H20O4. The van der Waals surface area contributed by atoms with E-state index in [-0.39, 0.29) is 11.9 Å². The Morgan fingerprint density at radius 3 is 1.94 bits per heavy atom. The van der Waals surface area contributed by atoms with Crippen LogP contribution in [0.5, 0.6) is 0 Å². The average molecular weight is 228 g/mol. The molecule has 0 aliphatic rings. The number of ether oxygens (including phenoxy) is 2. The lowest BCUT2D eigenvalue weighted by molar-refractivity contribution is -0.138. The molecule has 16 heavy (non-hydrogen) atoms. The number of carbonyl (C=O) groups is 2. The van der Waals surface area contributed by atoms with Crippen LogP contribution in [0.4, 0.5) is 0 Å². The van der Waals surface area contributed by atoms with Gasteiger partial charge in [-0.3, -0.25) is 0 Å². The second-order valence-electron chi connectivity index (χ2n) is 2.75. The van der Waals surface area contributed by atoms with E-state index in [0.29, 0.717) is 18.8 Å². The fraction of sp³-hybridized carbons (Fsp3) is 0.500. The minimum atomic E-state index is -0.312. The zero-order valence-electron chi connectivity index (χ0n) is 10.4. The molecule has 0 saturated heterocycles. The summed E-state index contributed by atoms with van der Waals surface area (Å²) in [6, 6.07) is 0. The summed E-state index contributed by atoms with van der Waals surface area (Å²) >= 11 is 0. The van der Waals surface area contributed by atoms with Crippen LogP contribution in [0.2, 0.25) is 0 Å². The highest BCUT2D eigenvalue weighted by Crippen LogP contribution is 1.89. The summed E-state index contributed by atoms with van der Waals surface area (Å²) in [7, 11) is 0. The first-order valence-corrected chi connectivity index (χ1v) is 5.11. The van der Waals surface area contributed by atoms with E-state index in [9.17, 15) is 9.59 Å². The lowest BCUT2D eigenvalue weighted by atomic mass is 10.4. The number of esters is 2. The van der Waals surface area contributed by atoms with Crippen LogP contribution in [0.1, 0.15) is 27.7 Å². The normalized spacial score (nSPS) is 9.00. The van der Waals surface area contributed by atoms with Gasteiger partial charge in [0.15, 0.2) is 0 Å². The van der Waals surface area contributed by atoms with Gasteiger partial charge in [-0.15, -0.1) is 0 Å². The third-order valence-electron chi connectivity index (χ3n) is 1.21. The molecule has 0 rings (SSSR count). The SMILES string of the molecule is C=C(C)C(=O)OCC.CC=CC(=O)OCC. The highest BCUT2D eigenvalue weighted by molar-refractivity contribution is 5.86. The van der Waals surface area contributed by atoms with E-state index < -0.39 is 0 Å². The standard InChI is InChI=1S/2C6H10O2/c1-4-8-6(7)5(2)3;1-3-5-6(7)8-4-2/h2,4H2,1,3H3;3,5H,4H2,1-2H3. The van der Waals surface area contributed by atoms with Crippen molar-refractivity contribution < 1.29 is 19.1 Å². The lowest BCUT2D eigenvalue weighted by Crippen LogP contribution is -2.03. The molecule has 0 saturated carbocycles. The Balaban J connectivity index is 0. The molecule has 0 heterocycles. The molecule has 0 aliphatic carbocycles. The summed E-state index contributed by atoms with van der Waals surface area (Å²) in [5.41, 5.74) is 0.451. The Kier molecular flexibility index (Phi) is 12.1. The summed E-state index contributed by atoms with van der Waals surface area (Å²) < 4.78 is 9.12. The fourth-order valence-electron chi connectivity index (χ4n) is 0.581. The van der Waals surface area contributed by atoms with E-state index in [2.05, 4.69) is 16.1 Å². The van der Waals surface area contributed by atoms with E-state index in [4.69, 9.17) is 0 Å². The summed E-state index contributed by atoms with van der Waals surface area (Å²) in [4.78, 5) is 20.8. The molecule has 0 unspecified atom stereocenters. The molecule has 92 valence electrons. The average Bonchev–Trinajstić information content (AvgIpc) is 2.19. The van der Waals surface area contributed by atoms with Gasteiger partial charge in [-0.1, -0.05) is 12.7 Å². The molecule has 0 amide bonds. The molecular weight excluding hydrogens is 208 g/mol. The molecule has 4 heteroatoms. The van der Waals surface area contributed by atoms with Gasteiger partial charge in [0.05, 0.1) is 13.2 Å². The summed E-state index contributed by atoms with van der Waals surface area (Å²) in [5, 5.41) is 0. The lowest BCUT2D eigenvalue weighted by Gasteiger charge is -1.96. The fourth-order valence-corrected chi connectivity index (χ4v) is 0.581. The van der Waals surface area contributed by atoms with E-state index in [0.717, 1.165) is 0 Å². The molecule has 0 radical (unpaired) electrons. The largest absolute Gasteiger partial charge is 0.463 e. The number of allylic oxidation sites excluding steroid dienone is 1. The molecule has 0 aromatic heterocycles. The number of hydrogen-bond acceptors (Lipinski definition) is 4. The molecule has 0 aromatic carbocycles. The molecule has 0 N–H and O–H groups in total. The molecule has 4 nitrogen and oxygen atoms in total. The third-order valence-corrected chi connectivity index (χ3v) is 1.21. The Labute approximate surface area is 96.9 Å². The zero-order chi connectivity index (χ0) is 13.0. The molecule has 0 aliphatic heterocycles. The van der Waals surface area contributed by atoms with Crippen molar-refractivity contribution in [3.05, 3.63) is 24.3 Å². The van der Waals surface area contributed by atoms with E-state index in [1.807, 2.05) is 0 Å². The van der Waals surface area contributed by atoms with Crippen molar-refractivity contribution >= 4 is 11.9 Å². The van der Waals surface area contributed by atoms with Crippen LogP contribution in [-0.4, -0.2) is 25.2 Å². The maximum Gasteiger partial charge on any atom is 0.333 e. The van der Waals surface area contributed by atoms with Gasteiger partial charge in [-0.05, 0) is 27.7 Å². The van der Waals surface area contributed by atoms with Crippen LogP contribution in [0.15, 0.2) is 24.3 Å². The van der Waals surface area contributed by atoms with Crippen LogP contribution < -0.4 is 0 Å². The van der Waals surface area contributed by atoms with Gasteiger partial charge in [0.2, 0.25) is 0 Å². The first-order chi connectivity index (χ1) is 7.49. The first kappa shape index (κ1) is 16.8. The van der Waals surface area contributed by atoms with Gasteiger partial charge in [-0.2, -0.15) is 0 Å². The predicted molar refractivity (Wildman–Crippen MR) is 62.9 cm³/mol. The van der Waals surface area contributed by atoms with E-state index in [1.54, 1.807) is 33.8 Å². The summed E-state index contributed by atoms with van der Waals surface area (Å²) in [6.07, 6.45) is 3.04. The van der Waals surface area contributed by atoms with Crippen LogP contribution >= 0.6 is 0 Å². The molecule has 0 fully saturated rings. The monoisotopic (exact) mass is 228 g/mol. The molecule has 0 spiro atoms. The minimum absolute atomic E-state index is 0.269. The molecule has 0 atom stereocenters. The quantitative estimate of drug-likeness (QED) is 0.547. The van der Waals surface area contributed by atoms with Crippen molar-refractivity contribution in [1.82, 2.24) is 0 Å². The smallest absolute Gasteiger partial charge is 0.333 e. The predicted octanol–water partition coefficient (Wildman–Crippen LogP) is 2.25. The minimum Gasteiger partial charge on any atom is -0.463 e. The van der Waals surface area contributed by atoms with E-state index in [1.165, 1.54) is 6.08 Å². The zero-order valence-corrected chi connectivity index (χ0v) is 10.4. The molecule has 0 bridgehead atoms. The number of hydrogen-bond donors (Lipinski definition) is 0. The molecule has 0 aromatic rings. The highest BCUT2D eigenvalue weighted by atomic mass is 16.5. The van der Waals surface area contributed by atoms with Crippen molar-refractivity contribution in [2.24, 2.45) is 0 Å². The topological polar surface area (TPSA) is 52.6 Å². The van der Waals surface area contributed by atoms with Gasteiger partial charge < -0.3 is 9.47 Å². The van der Waals surface area contributed by atoms with E-state index >= 15 is 0 Å². The number of rotatable bonds is 4. The van der Waals surface area contributed by atoms with Crippen LogP contribution in [-0.2, 0) is 19.1 Å². The van der Waals surface area contributed by atoms with Gasteiger partial charge in [0.1, 0.15) is 0 Å². The Hall–Kier alpha value is -1.58. The first-order valence-electron chi connectivity index (χ1n) is 5.11. The Bertz CT molecular complexity index is 254. The van der Waals surface area contributed by atoms with Crippen LogP contribution in [0.25, 0.3) is 0 Å². The van der Waals surface area contributed by atoms with Gasteiger partial charge >= 0.3 is 11.9 Å². The van der Waals surface area contributed by atoms with Gasteiger partial charge in [-0.25, -0.2) is 9.59 Å². The Morgan fingerprint density at radius 2 is 1.69 bits per heavy atom. The maximum absolute atomic E-state index is 10.4. The third kappa shape index (κ3) is 12.4. The van der Waals surface area contributed by atoms with Crippen LogP contribution in [0.3, 0.4) is 0 Å². The summed E-state index contributed by atoms with van der Waals surface area (Å²) in [6.45, 7) is 11.2. The van der Waals surface area contributed by atoms with Crippen molar-refractivity contribution in [3.63, 3.8) is 0 Å². The van der Waals surface area contributed by atoms with Crippen LogP contribution in [0, 0.1) is 0 Å². The van der Waals surface area contributed by atoms with Crippen molar-refractivity contribution in [1.29, 1.82) is 0 Å². The van der Waals surface area contributed by atoms with Crippen molar-refractivity contribution in [3.8, 4) is 0 Å². The second-order valence-corrected chi connectivity index (χ2v) is 2.75. The Morgan fingerprint density at radius 1 is 1.19 bits per heavy atom. The number of carbonyl (C=O) groups excluding carboxylic acids is 2. The summed E-state index contributed by atoms with van der Waals surface area (Å²) in [5.74, 6) is -0.581.